The number of amides is 1. The van der Waals surface area contributed by atoms with E-state index in [2.05, 4.69) is 34.0 Å². The van der Waals surface area contributed by atoms with Crippen LogP contribution >= 0.6 is 0 Å². The van der Waals surface area contributed by atoms with E-state index in [1.807, 2.05) is 36.4 Å². The summed E-state index contributed by atoms with van der Waals surface area (Å²) in [6.45, 7) is 2.64. The van der Waals surface area contributed by atoms with E-state index in [1.165, 1.54) is 11.3 Å². The number of hydrogen-bond donors (Lipinski definition) is 1. The van der Waals surface area contributed by atoms with E-state index >= 15 is 0 Å². The predicted octanol–water partition coefficient (Wildman–Crippen LogP) is 3.01. The van der Waals surface area contributed by atoms with Crippen molar-refractivity contribution >= 4 is 5.91 Å². The molecule has 0 bridgehead atoms. The first-order chi connectivity index (χ1) is 14.1. The van der Waals surface area contributed by atoms with Gasteiger partial charge in [0, 0.05) is 56.8 Å². The standard InChI is InChI=1S/C23H26N4O2/c1-24-23(28)17-9-6-8-16(13-17)22-25-19-11-12-27(15-20(19)26(22)2)14-18-7-4-5-10-21(18)29-3/h4-10,13H,11-12,14-15H2,1-3H3,(H,24,28). The minimum Gasteiger partial charge on any atom is -0.496 e. The van der Waals surface area contributed by atoms with Crippen molar-refractivity contribution in [3.8, 4) is 17.1 Å². The second kappa shape index (κ2) is 8.09. The number of aromatic nitrogens is 2. The van der Waals surface area contributed by atoms with Crippen molar-refractivity contribution < 1.29 is 9.53 Å². The molecule has 0 saturated heterocycles. The van der Waals surface area contributed by atoms with Gasteiger partial charge in [0.2, 0.25) is 0 Å². The first-order valence-electron chi connectivity index (χ1n) is 9.82. The lowest BCUT2D eigenvalue weighted by atomic mass is 10.1. The highest BCUT2D eigenvalue weighted by atomic mass is 16.5. The Kier molecular flexibility index (Phi) is 5.36. The number of imidazole rings is 1. The quantitative estimate of drug-likeness (QED) is 0.728. The van der Waals surface area contributed by atoms with E-state index in [9.17, 15) is 4.79 Å². The van der Waals surface area contributed by atoms with E-state index in [0.29, 0.717) is 5.56 Å². The normalized spacial score (nSPS) is 13.8. The second-order valence-corrected chi connectivity index (χ2v) is 7.32. The van der Waals surface area contributed by atoms with Crippen LogP contribution in [-0.4, -0.2) is 41.1 Å². The van der Waals surface area contributed by atoms with Gasteiger partial charge in [-0.15, -0.1) is 0 Å². The van der Waals surface area contributed by atoms with Gasteiger partial charge >= 0.3 is 0 Å². The molecule has 0 unspecified atom stereocenters. The Bertz CT molecular complexity index is 1040. The number of carbonyl (C=O) groups excluding carboxylic acids is 1. The van der Waals surface area contributed by atoms with Crippen LogP contribution < -0.4 is 10.1 Å². The van der Waals surface area contributed by atoms with Crippen LogP contribution in [-0.2, 0) is 26.6 Å². The molecule has 0 atom stereocenters. The number of fused-ring (bicyclic) bond motifs is 1. The van der Waals surface area contributed by atoms with E-state index in [4.69, 9.17) is 9.72 Å². The molecule has 150 valence electrons. The number of rotatable bonds is 5. The Morgan fingerprint density at radius 2 is 2.03 bits per heavy atom. The summed E-state index contributed by atoms with van der Waals surface area (Å²) in [6, 6.07) is 15.8. The monoisotopic (exact) mass is 390 g/mol. The summed E-state index contributed by atoms with van der Waals surface area (Å²) in [4.78, 5) is 19.3. The number of para-hydroxylation sites is 1. The Balaban J connectivity index is 1.59. The Morgan fingerprint density at radius 1 is 1.21 bits per heavy atom. The molecule has 0 saturated carbocycles. The maximum atomic E-state index is 12.0. The SMILES string of the molecule is CNC(=O)c1cccc(-c2nc3c(n2C)CN(Cc2ccccc2OC)CC3)c1. The molecule has 0 radical (unpaired) electrons. The number of hydrogen-bond acceptors (Lipinski definition) is 4. The fraction of sp³-hybridized carbons (Fsp3) is 0.304. The largest absolute Gasteiger partial charge is 0.496 e. The van der Waals surface area contributed by atoms with Crippen LogP contribution in [0, 0.1) is 0 Å². The fourth-order valence-corrected chi connectivity index (χ4v) is 3.95. The maximum Gasteiger partial charge on any atom is 0.251 e. The van der Waals surface area contributed by atoms with Crippen molar-refractivity contribution in [1.82, 2.24) is 19.8 Å². The van der Waals surface area contributed by atoms with Gasteiger partial charge in [0.05, 0.1) is 18.5 Å². The molecule has 6 nitrogen and oxygen atoms in total. The van der Waals surface area contributed by atoms with Crippen LogP contribution in [0.2, 0.25) is 0 Å². The summed E-state index contributed by atoms with van der Waals surface area (Å²) >= 11 is 0. The zero-order valence-corrected chi connectivity index (χ0v) is 17.1. The molecular formula is C23H26N4O2. The molecule has 2 heterocycles. The van der Waals surface area contributed by atoms with Crippen LogP contribution in [0.3, 0.4) is 0 Å². The number of methoxy groups -OCH3 is 1. The van der Waals surface area contributed by atoms with E-state index in [-0.39, 0.29) is 5.91 Å². The Morgan fingerprint density at radius 3 is 2.83 bits per heavy atom. The van der Waals surface area contributed by atoms with Gasteiger partial charge in [-0.05, 0) is 18.2 Å². The highest BCUT2D eigenvalue weighted by Crippen LogP contribution is 2.28. The van der Waals surface area contributed by atoms with Gasteiger partial charge in [0.15, 0.2) is 0 Å². The van der Waals surface area contributed by atoms with Crippen LogP contribution in [0.25, 0.3) is 11.4 Å². The number of nitrogens with one attached hydrogen (secondary N) is 1. The number of benzene rings is 2. The van der Waals surface area contributed by atoms with Crippen LogP contribution in [0.5, 0.6) is 5.75 Å². The lowest BCUT2D eigenvalue weighted by Crippen LogP contribution is -2.31. The summed E-state index contributed by atoms with van der Waals surface area (Å²) in [5.41, 5.74) is 5.16. The zero-order chi connectivity index (χ0) is 20.4. The van der Waals surface area contributed by atoms with Gasteiger partial charge < -0.3 is 14.6 Å². The third-order valence-electron chi connectivity index (χ3n) is 5.53. The van der Waals surface area contributed by atoms with Gasteiger partial charge in [0.1, 0.15) is 11.6 Å². The maximum absolute atomic E-state index is 12.0. The van der Waals surface area contributed by atoms with Crippen molar-refractivity contribution in [2.75, 3.05) is 20.7 Å². The Hall–Kier alpha value is -3.12. The van der Waals surface area contributed by atoms with Gasteiger partial charge in [-0.3, -0.25) is 9.69 Å². The van der Waals surface area contributed by atoms with Gasteiger partial charge in [-0.1, -0.05) is 30.3 Å². The molecule has 1 amide bonds. The molecule has 29 heavy (non-hydrogen) atoms. The molecule has 0 fully saturated rings. The molecule has 6 heteroatoms. The number of carbonyl (C=O) groups is 1. The molecular weight excluding hydrogens is 364 g/mol. The first-order valence-corrected chi connectivity index (χ1v) is 9.82. The summed E-state index contributed by atoms with van der Waals surface area (Å²) < 4.78 is 7.66. The third kappa shape index (κ3) is 3.76. The summed E-state index contributed by atoms with van der Waals surface area (Å²) in [5.74, 6) is 1.74. The minimum atomic E-state index is -0.0891. The lowest BCUT2D eigenvalue weighted by Gasteiger charge is -2.27. The highest BCUT2D eigenvalue weighted by molar-refractivity contribution is 5.95. The average molecular weight is 390 g/mol. The molecule has 3 aromatic rings. The molecule has 1 aliphatic heterocycles. The van der Waals surface area contributed by atoms with E-state index < -0.39 is 0 Å². The highest BCUT2D eigenvalue weighted by Gasteiger charge is 2.24. The molecule has 1 aromatic heterocycles. The van der Waals surface area contributed by atoms with Crippen LogP contribution in [0.4, 0.5) is 0 Å². The Labute approximate surface area is 171 Å². The van der Waals surface area contributed by atoms with Gasteiger partial charge in [0.25, 0.3) is 5.91 Å². The van der Waals surface area contributed by atoms with Crippen LogP contribution in [0.1, 0.15) is 27.3 Å². The van der Waals surface area contributed by atoms with E-state index in [0.717, 1.165) is 48.9 Å². The third-order valence-corrected chi connectivity index (χ3v) is 5.53. The van der Waals surface area contributed by atoms with Crippen molar-refractivity contribution in [3.63, 3.8) is 0 Å². The smallest absolute Gasteiger partial charge is 0.251 e. The number of ether oxygens (including phenoxy) is 1. The average Bonchev–Trinajstić information content (AvgIpc) is 3.09. The lowest BCUT2D eigenvalue weighted by molar-refractivity contribution is 0.0963. The predicted molar refractivity (Wildman–Crippen MR) is 113 cm³/mol. The van der Waals surface area contributed by atoms with Gasteiger partial charge in [-0.25, -0.2) is 4.98 Å². The fourth-order valence-electron chi connectivity index (χ4n) is 3.95. The molecule has 1 aliphatic rings. The summed E-state index contributed by atoms with van der Waals surface area (Å²) in [7, 11) is 5.42. The first kappa shape index (κ1) is 19.2. The van der Waals surface area contributed by atoms with Crippen molar-refractivity contribution in [2.45, 2.75) is 19.5 Å². The molecule has 0 spiro atoms. The molecule has 4 rings (SSSR count). The topological polar surface area (TPSA) is 59.4 Å². The molecule has 0 aliphatic carbocycles. The van der Waals surface area contributed by atoms with Crippen molar-refractivity contribution in [2.24, 2.45) is 7.05 Å². The van der Waals surface area contributed by atoms with Crippen molar-refractivity contribution in [1.29, 1.82) is 0 Å². The van der Waals surface area contributed by atoms with E-state index in [1.54, 1.807) is 14.2 Å². The zero-order valence-electron chi connectivity index (χ0n) is 17.1. The number of nitrogens with zero attached hydrogens (tertiary/aromatic N) is 3. The summed E-state index contributed by atoms with van der Waals surface area (Å²) in [6.07, 6.45) is 0.910. The minimum absolute atomic E-state index is 0.0891. The second-order valence-electron chi connectivity index (χ2n) is 7.32. The van der Waals surface area contributed by atoms with Crippen molar-refractivity contribution in [3.05, 3.63) is 71.0 Å². The molecule has 2 aromatic carbocycles. The molecule has 1 N–H and O–H groups in total. The van der Waals surface area contributed by atoms with Crippen LogP contribution in [0.15, 0.2) is 48.5 Å². The summed E-state index contributed by atoms with van der Waals surface area (Å²) in [5, 5.41) is 2.68. The van der Waals surface area contributed by atoms with Gasteiger partial charge in [-0.2, -0.15) is 0 Å².